The molecule has 0 spiro atoms. The van der Waals surface area contributed by atoms with Crippen molar-refractivity contribution in [1.29, 1.82) is 0 Å². The number of aromatic nitrogens is 1. The number of nitrogens with one attached hydrogen (secondary N) is 1. The average molecular weight is 588 g/mol. The highest BCUT2D eigenvalue weighted by Crippen LogP contribution is 2.34. The van der Waals surface area contributed by atoms with Crippen LogP contribution in [-0.4, -0.2) is 76.7 Å². The highest BCUT2D eigenvalue weighted by molar-refractivity contribution is 8.13. The molecule has 0 saturated carbocycles. The molecule has 2 heterocycles. The minimum absolute atomic E-state index is 0.216. The maximum atomic E-state index is 13.7. The monoisotopic (exact) mass is 587 g/mol. The number of carbonyl (C=O) groups is 1. The maximum absolute atomic E-state index is 13.7. The van der Waals surface area contributed by atoms with Crippen molar-refractivity contribution in [3.8, 4) is 0 Å². The number of nitrogens with zero attached hydrogens (tertiary/aromatic N) is 4. The Bertz CT molecular complexity index is 1420. The number of alkyl halides is 3. The van der Waals surface area contributed by atoms with Crippen LogP contribution < -0.4 is 5.32 Å². The third-order valence-electron chi connectivity index (χ3n) is 6.53. The highest BCUT2D eigenvalue weighted by atomic mass is 32.2. The first-order valence-electron chi connectivity index (χ1n) is 12.8. The molecule has 11 heteroatoms. The van der Waals surface area contributed by atoms with E-state index in [1.54, 1.807) is 66.6 Å². The van der Waals surface area contributed by atoms with E-state index in [4.69, 9.17) is 4.99 Å². The van der Waals surface area contributed by atoms with E-state index in [9.17, 15) is 18.0 Å². The lowest BCUT2D eigenvalue weighted by atomic mass is 10.1. The van der Waals surface area contributed by atoms with Gasteiger partial charge in [-0.2, -0.15) is 24.9 Å². The fourth-order valence-corrected chi connectivity index (χ4v) is 5.96. The Labute approximate surface area is 240 Å². The molecule has 1 unspecified atom stereocenters. The molecule has 0 bridgehead atoms. The van der Waals surface area contributed by atoms with E-state index in [1.165, 1.54) is 22.5 Å². The molecule has 40 heavy (non-hydrogen) atoms. The molecular formula is C29H32F3N5OS2. The lowest BCUT2D eigenvalue weighted by Crippen LogP contribution is -2.40. The summed E-state index contributed by atoms with van der Waals surface area (Å²) < 4.78 is 42.4. The third kappa shape index (κ3) is 7.58. The molecule has 1 aliphatic heterocycles. The number of likely N-dealkylation sites (tertiary alicyclic amines) is 1. The summed E-state index contributed by atoms with van der Waals surface area (Å²) in [6, 6.07) is 15.9. The molecule has 1 aliphatic rings. The number of carbonyl (C=O) groups excluding carboxylic acids is 1. The van der Waals surface area contributed by atoms with E-state index in [1.807, 2.05) is 12.1 Å². The fourth-order valence-electron chi connectivity index (χ4n) is 4.57. The Morgan fingerprint density at radius 1 is 1.15 bits per heavy atom. The first-order valence-corrected chi connectivity index (χ1v) is 15.3. The predicted molar refractivity (Wildman–Crippen MR) is 162 cm³/mol. The standard InChI is InChI=1S/C29H32F3N5OS2/c1-36-16-13-23(26(18-36)39-2)35-22-11-7-12-24-21(22)17-25(37(24)19-29(30,31)32)28(40-3)34-15-8-14-33-27(38)20-9-5-4-6-10-20/h4-12,15,17,26H,13-14,16,18-19H2,1-3H3,(H,33,38)/b15-8+,34-28?,35-23?. The number of thioether (sulfide) groups is 2. The summed E-state index contributed by atoms with van der Waals surface area (Å²) in [7, 11) is 2.08. The second-order valence-corrected chi connectivity index (χ2v) is 11.2. The molecule has 3 aromatic rings. The molecule has 0 aliphatic carbocycles. The summed E-state index contributed by atoms with van der Waals surface area (Å²) >= 11 is 3.00. The number of hydrogen-bond acceptors (Lipinski definition) is 6. The number of hydrogen-bond donors (Lipinski definition) is 1. The molecule has 0 radical (unpaired) electrons. The van der Waals surface area contributed by atoms with Crippen LogP contribution in [0.25, 0.3) is 10.9 Å². The Morgan fingerprint density at radius 3 is 2.62 bits per heavy atom. The van der Waals surface area contributed by atoms with E-state index in [0.717, 1.165) is 25.2 Å². The van der Waals surface area contributed by atoms with E-state index < -0.39 is 12.7 Å². The van der Waals surface area contributed by atoms with Crippen molar-refractivity contribution >= 4 is 56.8 Å². The minimum atomic E-state index is -4.42. The molecule has 1 aromatic heterocycles. The Balaban J connectivity index is 1.65. The van der Waals surface area contributed by atoms with Crippen LogP contribution in [0.4, 0.5) is 18.9 Å². The van der Waals surface area contributed by atoms with Crippen LogP contribution in [0, 0.1) is 0 Å². The van der Waals surface area contributed by atoms with Crippen molar-refractivity contribution in [2.24, 2.45) is 9.98 Å². The van der Waals surface area contributed by atoms with Crippen LogP contribution in [0.3, 0.4) is 0 Å². The summed E-state index contributed by atoms with van der Waals surface area (Å²) in [4.78, 5) is 23.9. The van der Waals surface area contributed by atoms with Gasteiger partial charge in [0.25, 0.3) is 5.91 Å². The summed E-state index contributed by atoms with van der Waals surface area (Å²) in [5.41, 5.74) is 3.10. The molecule has 6 nitrogen and oxygen atoms in total. The minimum Gasteiger partial charge on any atom is -0.349 e. The number of amides is 1. The third-order valence-corrected chi connectivity index (χ3v) is 8.23. The molecule has 1 amide bonds. The number of aliphatic imine (C=N–C) groups is 2. The second-order valence-electron chi connectivity index (χ2n) is 9.38. The lowest BCUT2D eigenvalue weighted by Gasteiger charge is -2.30. The normalized spacial score (nSPS) is 18.2. The van der Waals surface area contributed by atoms with Gasteiger partial charge in [0.15, 0.2) is 0 Å². The number of piperidine rings is 1. The number of benzene rings is 2. The zero-order chi connectivity index (χ0) is 28.7. The molecular weight excluding hydrogens is 555 g/mol. The van der Waals surface area contributed by atoms with Gasteiger partial charge in [-0.1, -0.05) is 24.3 Å². The topological polar surface area (TPSA) is 62.0 Å². The highest BCUT2D eigenvalue weighted by Gasteiger charge is 2.31. The van der Waals surface area contributed by atoms with Gasteiger partial charge >= 0.3 is 6.18 Å². The fraction of sp³-hybridized carbons (Fsp3) is 0.345. The van der Waals surface area contributed by atoms with Crippen molar-refractivity contribution in [2.45, 2.75) is 24.4 Å². The molecule has 4 rings (SSSR count). The Kier molecular flexibility index (Phi) is 10.2. The van der Waals surface area contributed by atoms with Crippen molar-refractivity contribution in [2.75, 3.05) is 39.2 Å². The van der Waals surface area contributed by atoms with Gasteiger partial charge in [0.2, 0.25) is 0 Å². The maximum Gasteiger partial charge on any atom is 0.406 e. The quantitative estimate of drug-likeness (QED) is 0.245. The van der Waals surface area contributed by atoms with Gasteiger partial charge in [-0.05, 0) is 62.4 Å². The first-order chi connectivity index (χ1) is 19.2. The first kappa shape index (κ1) is 30.0. The van der Waals surface area contributed by atoms with Crippen LogP contribution in [0.5, 0.6) is 0 Å². The number of halogens is 3. The van der Waals surface area contributed by atoms with Gasteiger partial charge in [0.1, 0.15) is 11.6 Å². The zero-order valence-electron chi connectivity index (χ0n) is 22.6. The van der Waals surface area contributed by atoms with Crippen LogP contribution in [-0.2, 0) is 6.54 Å². The van der Waals surface area contributed by atoms with E-state index in [2.05, 4.69) is 28.5 Å². The Hall–Kier alpha value is -3.02. The van der Waals surface area contributed by atoms with Gasteiger partial charge in [-0.25, -0.2) is 4.99 Å². The van der Waals surface area contributed by atoms with E-state index in [0.29, 0.717) is 32.9 Å². The van der Waals surface area contributed by atoms with Gasteiger partial charge in [-0.3, -0.25) is 9.79 Å². The molecule has 1 saturated heterocycles. The van der Waals surface area contributed by atoms with Crippen molar-refractivity contribution in [3.63, 3.8) is 0 Å². The smallest absolute Gasteiger partial charge is 0.349 e. The van der Waals surface area contributed by atoms with Crippen molar-refractivity contribution in [3.05, 3.63) is 78.1 Å². The molecule has 2 aromatic carbocycles. The summed E-state index contributed by atoms with van der Waals surface area (Å²) in [5, 5.41) is 4.11. The van der Waals surface area contributed by atoms with Gasteiger partial charge in [0, 0.05) is 42.5 Å². The predicted octanol–water partition coefficient (Wildman–Crippen LogP) is 6.40. The molecule has 1 N–H and O–H groups in total. The molecule has 1 atom stereocenters. The van der Waals surface area contributed by atoms with Crippen molar-refractivity contribution in [1.82, 2.24) is 14.8 Å². The van der Waals surface area contributed by atoms with Crippen LogP contribution in [0.2, 0.25) is 0 Å². The van der Waals surface area contributed by atoms with E-state index in [-0.39, 0.29) is 17.7 Å². The summed E-state index contributed by atoms with van der Waals surface area (Å²) in [5.74, 6) is -0.216. The van der Waals surface area contributed by atoms with Crippen LogP contribution in [0.15, 0.2) is 76.9 Å². The Morgan fingerprint density at radius 2 is 1.93 bits per heavy atom. The van der Waals surface area contributed by atoms with Crippen LogP contribution >= 0.6 is 23.5 Å². The van der Waals surface area contributed by atoms with Crippen molar-refractivity contribution < 1.29 is 18.0 Å². The lowest BCUT2D eigenvalue weighted by molar-refractivity contribution is -0.139. The average Bonchev–Trinajstić information content (AvgIpc) is 3.29. The SMILES string of the molecule is CSC(=N/C=C/CNC(=O)c1ccccc1)c1cc2c(N=C3CCN(C)CC3SC)cccc2n1CC(F)(F)F. The van der Waals surface area contributed by atoms with Gasteiger partial charge < -0.3 is 14.8 Å². The number of rotatable bonds is 8. The zero-order valence-corrected chi connectivity index (χ0v) is 24.2. The number of fused-ring (bicyclic) bond motifs is 1. The van der Waals surface area contributed by atoms with Gasteiger partial charge in [0.05, 0.1) is 22.1 Å². The van der Waals surface area contributed by atoms with Gasteiger partial charge in [-0.15, -0.1) is 11.8 Å². The largest absolute Gasteiger partial charge is 0.406 e. The summed E-state index contributed by atoms with van der Waals surface area (Å²) in [6.07, 6.45) is 3.41. The van der Waals surface area contributed by atoms with E-state index >= 15 is 0 Å². The van der Waals surface area contributed by atoms with Crippen LogP contribution in [0.1, 0.15) is 22.5 Å². The summed E-state index contributed by atoms with van der Waals surface area (Å²) in [6.45, 7) is 0.879. The molecule has 1 fully saturated rings. The molecule has 212 valence electrons. The second kappa shape index (κ2) is 13.6.